The van der Waals surface area contributed by atoms with E-state index in [0.717, 1.165) is 0 Å². The van der Waals surface area contributed by atoms with Gasteiger partial charge in [0.05, 0.1) is 13.5 Å². The summed E-state index contributed by atoms with van der Waals surface area (Å²) in [7, 11) is -3.63. The Morgan fingerprint density at radius 3 is 2.68 bits per heavy atom. The van der Waals surface area contributed by atoms with Crippen LogP contribution in [-0.4, -0.2) is 36.9 Å². The van der Waals surface area contributed by atoms with E-state index in [9.17, 15) is 13.2 Å². The molecule has 2 heterocycles. The van der Waals surface area contributed by atoms with Crippen molar-refractivity contribution in [2.45, 2.75) is 17.7 Å². The van der Waals surface area contributed by atoms with Crippen LogP contribution >= 0.6 is 43.2 Å². The highest BCUT2D eigenvalue weighted by molar-refractivity contribution is 9.12. The van der Waals surface area contributed by atoms with Gasteiger partial charge in [-0.05, 0) is 50.8 Å². The molecule has 0 unspecified atom stereocenters. The molecule has 5 nitrogen and oxygen atoms in total. The molecule has 1 aromatic rings. The van der Waals surface area contributed by atoms with Crippen molar-refractivity contribution in [3.63, 3.8) is 0 Å². The molecule has 0 amide bonds. The number of piperidine rings is 1. The first-order valence-electron chi connectivity index (χ1n) is 5.50. The van der Waals surface area contributed by atoms with Crippen molar-refractivity contribution in [2.75, 3.05) is 13.1 Å². The molecule has 0 spiro atoms. The lowest BCUT2D eigenvalue weighted by molar-refractivity contribution is -0.142. The van der Waals surface area contributed by atoms with Gasteiger partial charge in [0.15, 0.2) is 0 Å². The van der Waals surface area contributed by atoms with Gasteiger partial charge in [-0.2, -0.15) is 4.31 Å². The van der Waals surface area contributed by atoms with Gasteiger partial charge in [-0.3, -0.25) is 4.79 Å². The number of hydrogen-bond acceptors (Lipinski definition) is 4. The second kappa shape index (κ2) is 5.80. The Bertz CT molecular complexity index is 599. The number of aliphatic carboxylic acids is 1. The van der Waals surface area contributed by atoms with Crippen molar-refractivity contribution in [2.24, 2.45) is 5.92 Å². The Labute approximate surface area is 131 Å². The van der Waals surface area contributed by atoms with Crippen LogP contribution in [0.1, 0.15) is 12.8 Å². The first-order valence-corrected chi connectivity index (χ1v) is 9.34. The van der Waals surface area contributed by atoms with Crippen LogP contribution in [0.2, 0.25) is 0 Å². The van der Waals surface area contributed by atoms with Gasteiger partial charge < -0.3 is 5.11 Å². The van der Waals surface area contributed by atoms with Crippen LogP contribution in [0.5, 0.6) is 0 Å². The minimum Gasteiger partial charge on any atom is -0.481 e. The predicted octanol–water partition coefficient (Wildman–Crippen LogP) is 2.76. The third-order valence-electron chi connectivity index (χ3n) is 2.98. The Morgan fingerprint density at radius 1 is 1.47 bits per heavy atom. The number of sulfonamides is 1. The maximum atomic E-state index is 12.5. The Kier molecular flexibility index (Phi) is 4.71. The molecule has 1 saturated heterocycles. The number of rotatable bonds is 3. The van der Waals surface area contributed by atoms with Crippen molar-refractivity contribution in [1.29, 1.82) is 0 Å². The summed E-state index contributed by atoms with van der Waals surface area (Å²) in [5, 5.41) is 9.01. The quantitative estimate of drug-likeness (QED) is 0.796. The molecular formula is C10H11Br2NO4S2. The number of carbonyl (C=O) groups is 1. The molecule has 19 heavy (non-hydrogen) atoms. The second-order valence-corrected chi connectivity index (χ2v) is 9.88. The third kappa shape index (κ3) is 3.21. The van der Waals surface area contributed by atoms with E-state index in [0.29, 0.717) is 27.0 Å². The highest BCUT2D eigenvalue weighted by Crippen LogP contribution is 2.37. The SMILES string of the molecule is O=C(O)[C@H]1CCCN(S(=O)(=O)c2cc(Br)sc2Br)C1. The largest absolute Gasteiger partial charge is 0.481 e. The lowest BCUT2D eigenvalue weighted by Gasteiger charge is -2.29. The highest BCUT2D eigenvalue weighted by atomic mass is 79.9. The van der Waals surface area contributed by atoms with Crippen LogP contribution < -0.4 is 0 Å². The van der Waals surface area contributed by atoms with Crippen molar-refractivity contribution in [3.05, 3.63) is 13.6 Å². The topological polar surface area (TPSA) is 74.7 Å². The minimum absolute atomic E-state index is 0.0393. The van der Waals surface area contributed by atoms with E-state index in [4.69, 9.17) is 5.11 Å². The number of thiophene rings is 1. The fourth-order valence-corrected chi connectivity index (χ4v) is 7.29. The van der Waals surface area contributed by atoms with Gasteiger partial charge in [-0.25, -0.2) is 8.42 Å². The van der Waals surface area contributed by atoms with E-state index in [1.54, 1.807) is 0 Å². The van der Waals surface area contributed by atoms with Gasteiger partial charge in [0.2, 0.25) is 10.0 Å². The van der Waals surface area contributed by atoms with Gasteiger partial charge in [0.25, 0.3) is 0 Å². The first-order chi connectivity index (χ1) is 8.82. The number of nitrogens with zero attached hydrogens (tertiary/aromatic N) is 1. The molecule has 0 bridgehead atoms. The van der Waals surface area contributed by atoms with E-state index in [-0.39, 0.29) is 11.4 Å². The van der Waals surface area contributed by atoms with Crippen molar-refractivity contribution in [3.8, 4) is 0 Å². The predicted molar refractivity (Wildman–Crippen MR) is 78.8 cm³/mol. The molecular weight excluding hydrogens is 422 g/mol. The number of hydrogen-bond donors (Lipinski definition) is 1. The maximum Gasteiger partial charge on any atom is 0.307 e. The number of carboxylic acids is 1. The summed E-state index contributed by atoms with van der Waals surface area (Å²) in [5.74, 6) is -1.56. The van der Waals surface area contributed by atoms with Gasteiger partial charge in [0.1, 0.15) is 4.90 Å². The Morgan fingerprint density at radius 2 is 2.16 bits per heavy atom. The van der Waals surface area contributed by atoms with E-state index in [1.165, 1.54) is 21.7 Å². The molecule has 0 aromatic carbocycles. The fraction of sp³-hybridized carbons (Fsp3) is 0.500. The summed E-state index contributed by atoms with van der Waals surface area (Å²) in [4.78, 5) is 11.2. The molecule has 1 atom stereocenters. The molecule has 1 fully saturated rings. The average molecular weight is 433 g/mol. The van der Waals surface area contributed by atoms with E-state index < -0.39 is 21.9 Å². The zero-order valence-electron chi connectivity index (χ0n) is 9.67. The molecule has 1 aliphatic rings. The standard InChI is InChI=1S/C10H11Br2NO4S2/c11-8-4-7(9(12)18-8)19(16,17)13-3-1-2-6(5-13)10(14)15/h4,6H,1-3,5H2,(H,14,15)/t6-/m0/s1. The lowest BCUT2D eigenvalue weighted by atomic mass is 10.0. The molecule has 0 saturated carbocycles. The number of halogens is 2. The first kappa shape index (κ1) is 15.4. The van der Waals surface area contributed by atoms with Crippen LogP contribution in [-0.2, 0) is 14.8 Å². The van der Waals surface area contributed by atoms with E-state index in [2.05, 4.69) is 31.9 Å². The maximum absolute atomic E-state index is 12.5. The van der Waals surface area contributed by atoms with E-state index >= 15 is 0 Å². The normalized spacial score (nSPS) is 21.5. The summed E-state index contributed by atoms with van der Waals surface area (Å²) in [6.45, 7) is 0.406. The van der Waals surface area contributed by atoms with Crippen molar-refractivity contribution < 1.29 is 18.3 Å². The molecule has 9 heteroatoms. The third-order valence-corrected chi connectivity index (χ3v) is 7.60. The smallest absolute Gasteiger partial charge is 0.307 e. The van der Waals surface area contributed by atoms with Gasteiger partial charge >= 0.3 is 5.97 Å². The summed E-state index contributed by atoms with van der Waals surface area (Å²) in [5.41, 5.74) is 0. The Hall–Kier alpha value is 0.0400. The lowest BCUT2D eigenvalue weighted by Crippen LogP contribution is -2.42. The number of carboxylic acid groups (broad SMARTS) is 1. The van der Waals surface area contributed by atoms with Crippen LogP contribution in [0.3, 0.4) is 0 Å². The Balaban J connectivity index is 2.29. The van der Waals surface area contributed by atoms with Gasteiger partial charge in [-0.15, -0.1) is 11.3 Å². The molecule has 1 N–H and O–H groups in total. The summed E-state index contributed by atoms with van der Waals surface area (Å²) in [6.07, 6.45) is 1.09. The summed E-state index contributed by atoms with van der Waals surface area (Å²) < 4.78 is 27.5. The molecule has 0 aliphatic carbocycles. The van der Waals surface area contributed by atoms with Gasteiger partial charge in [0, 0.05) is 13.1 Å². The second-order valence-electron chi connectivity index (χ2n) is 4.23. The summed E-state index contributed by atoms with van der Waals surface area (Å²) >= 11 is 7.75. The van der Waals surface area contributed by atoms with Crippen molar-refractivity contribution >= 4 is 59.2 Å². The van der Waals surface area contributed by atoms with Crippen LogP contribution in [0.25, 0.3) is 0 Å². The zero-order valence-corrected chi connectivity index (χ0v) is 14.5. The average Bonchev–Trinajstić information content (AvgIpc) is 2.69. The highest BCUT2D eigenvalue weighted by Gasteiger charge is 2.34. The van der Waals surface area contributed by atoms with Crippen molar-refractivity contribution in [1.82, 2.24) is 4.31 Å². The molecule has 1 aromatic heterocycles. The zero-order chi connectivity index (χ0) is 14.2. The van der Waals surface area contributed by atoms with Crippen LogP contribution in [0, 0.1) is 5.92 Å². The minimum atomic E-state index is -3.63. The molecule has 2 rings (SSSR count). The van der Waals surface area contributed by atoms with Gasteiger partial charge in [-0.1, -0.05) is 0 Å². The summed E-state index contributed by atoms with van der Waals surface area (Å²) in [6, 6.07) is 1.54. The molecule has 0 radical (unpaired) electrons. The molecule has 106 valence electrons. The van der Waals surface area contributed by atoms with E-state index in [1.807, 2.05) is 0 Å². The van der Waals surface area contributed by atoms with Crippen LogP contribution in [0.15, 0.2) is 18.5 Å². The monoisotopic (exact) mass is 431 g/mol. The molecule has 1 aliphatic heterocycles. The fourth-order valence-electron chi connectivity index (χ4n) is 2.00. The van der Waals surface area contributed by atoms with Crippen LogP contribution in [0.4, 0.5) is 0 Å².